The average Bonchev–Trinajstić information content (AvgIpc) is 2.47. The molecule has 1 aliphatic rings. The van der Waals surface area contributed by atoms with Crippen LogP contribution in [0.4, 0.5) is 0 Å². The Hall–Kier alpha value is -0.870. The summed E-state index contributed by atoms with van der Waals surface area (Å²) in [5.41, 5.74) is 0.767. The number of nitrogens with one attached hydrogen (secondary N) is 2. The molecule has 0 spiro atoms. The summed E-state index contributed by atoms with van der Waals surface area (Å²) < 4.78 is 0. The van der Waals surface area contributed by atoms with Gasteiger partial charge in [-0.3, -0.25) is 4.79 Å². The van der Waals surface area contributed by atoms with Gasteiger partial charge in [-0.2, -0.15) is 0 Å². The Morgan fingerprint density at radius 1 is 1.83 bits per heavy atom. The number of hydrogen-bond donors (Lipinski definition) is 3. The van der Waals surface area contributed by atoms with Crippen molar-refractivity contribution in [3.8, 4) is 0 Å². The van der Waals surface area contributed by atoms with E-state index in [2.05, 4.69) is 10.6 Å². The number of amides is 1. The summed E-state index contributed by atoms with van der Waals surface area (Å²) in [4.78, 5) is 11.1. The van der Waals surface area contributed by atoms with Gasteiger partial charge in [0.2, 0.25) is 5.91 Å². The van der Waals surface area contributed by atoms with Crippen molar-refractivity contribution in [1.29, 1.82) is 0 Å². The molecule has 1 fully saturated rings. The van der Waals surface area contributed by atoms with Crippen LogP contribution < -0.4 is 10.6 Å². The van der Waals surface area contributed by atoms with Gasteiger partial charge in [-0.05, 0) is 13.5 Å². The molecule has 1 amide bonds. The minimum absolute atomic E-state index is 0.0105. The van der Waals surface area contributed by atoms with Crippen LogP contribution in [-0.4, -0.2) is 37.3 Å². The van der Waals surface area contributed by atoms with Crippen molar-refractivity contribution >= 4 is 5.91 Å². The predicted octanol–water partition coefficient (Wildman–Crippen LogP) is -0.987. The Labute approximate surface area is 71.7 Å². The number of rotatable bonds is 3. The smallest absolute Gasteiger partial charge is 0.247 e. The summed E-state index contributed by atoms with van der Waals surface area (Å²) in [6.07, 6.45) is 2.54. The van der Waals surface area contributed by atoms with E-state index in [1.54, 1.807) is 13.1 Å². The van der Waals surface area contributed by atoms with Crippen molar-refractivity contribution in [3.63, 3.8) is 0 Å². The highest BCUT2D eigenvalue weighted by Crippen LogP contribution is 2.08. The normalized spacial score (nSPS) is 22.8. The molecule has 0 aliphatic carbocycles. The lowest BCUT2D eigenvalue weighted by Gasteiger charge is -2.07. The molecular weight excluding hydrogens is 156 g/mol. The molecule has 0 aromatic heterocycles. The molecule has 0 aromatic rings. The van der Waals surface area contributed by atoms with Gasteiger partial charge in [-0.1, -0.05) is 6.08 Å². The fourth-order valence-corrected chi connectivity index (χ4v) is 1.17. The molecule has 1 heterocycles. The molecule has 12 heavy (non-hydrogen) atoms. The van der Waals surface area contributed by atoms with Crippen molar-refractivity contribution in [2.45, 2.75) is 12.5 Å². The Morgan fingerprint density at radius 3 is 3.00 bits per heavy atom. The number of aliphatic hydroxyl groups excluding tert-OH is 1. The molecule has 0 aromatic carbocycles. The maximum atomic E-state index is 11.1. The van der Waals surface area contributed by atoms with E-state index in [-0.39, 0.29) is 18.6 Å². The van der Waals surface area contributed by atoms with E-state index in [1.807, 2.05) is 0 Å². The van der Waals surface area contributed by atoms with Crippen LogP contribution in [0.2, 0.25) is 0 Å². The summed E-state index contributed by atoms with van der Waals surface area (Å²) in [7, 11) is 1.75. The molecule has 1 aliphatic heterocycles. The largest absolute Gasteiger partial charge is 0.394 e. The van der Waals surface area contributed by atoms with Crippen LogP contribution >= 0.6 is 0 Å². The van der Waals surface area contributed by atoms with Crippen LogP contribution in [0.1, 0.15) is 6.42 Å². The van der Waals surface area contributed by atoms with Crippen LogP contribution in [0.3, 0.4) is 0 Å². The molecule has 0 saturated carbocycles. The van der Waals surface area contributed by atoms with Crippen LogP contribution in [0.15, 0.2) is 11.6 Å². The minimum atomic E-state index is -0.108. The van der Waals surface area contributed by atoms with Gasteiger partial charge in [0, 0.05) is 18.2 Å². The van der Waals surface area contributed by atoms with Crippen molar-refractivity contribution in [1.82, 2.24) is 10.6 Å². The summed E-state index contributed by atoms with van der Waals surface area (Å²) >= 11 is 0. The van der Waals surface area contributed by atoms with E-state index in [4.69, 9.17) is 5.11 Å². The third kappa shape index (κ3) is 2.06. The first-order chi connectivity index (χ1) is 5.77. The molecule has 4 heteroatoms. The highest BCUT2D eigenvalue weighted by molar-refractivity contribution is 5.95. The number of hydrogen-bond acceptors (Lipinski definition) is 3. The lowest BCUT2D eigenvalue weighted by Crippen LogP contribution is -2.27. The van der Waals surface area contributed by atoms with Crippen molar-refractivity contribution in [2.24, 2.45) is 0 Å². The molecule has 1 rings (SSSR count). The zero-order valence-electron chi connectivity index (χ0n) is 7.13. The fourth-order valence-electron chi connectivity index (χ4n) is 1.17. The van der Waals surface area contributed by atoms with E-state index in [9.17, 15) is 4.79 Å². The second kappa shape index (κ2) is 4.23. The van der Waals surface area contributed by atoms with Gasteiger partial charge in [0.15, 0.2) is 0 Å². The molecule has 0 unspecified atom stereocenters. The monoisotopic (exact) mass is 170 g/mol. The first-order valence-electron chi connectivity index (χ1n) is 4.05. The summed E-state index contributed by atoms with van der Waals surface area (Å²) in [6.45, 7) is 0.736. The zero-order valence-corrected chi connectivity index (χ0v) is 7.13. The topological polar surface area (TPSA) is 61.4 Å². The summed E-state index contributed by atoms with van der Waals surface area (Å²) in [5, 5.41) is 14.4. The van der Waals surface area contributed by atoms with Gasteiger partial charge < -0.3 is 15.7 Å². The highest BCUT2D eigenvalue weighted by atomic mass is 16.3. The molecule has 1 atom stereocenters. The van der Waals surface area contributed by atoms with Gasteiger partial charge >= 0.3 is 0 Å². The van der Waals surface area contributed by atoms with E-state index >= 15 is 0 Å². The summed E-state index contributed by atoms with van der Waals surface area (Å²) in [5.74, 6) is -0.0105. The first-order valence-corrected chi connectivity index (χ1v) is 4.05. The van der Waals surface area contributed by atoms with Gasteiger partial charge in [0.1, 0.15) is 0 Å². The maximum Gasteiger partial charge on any atom is 0.247 e. The lowest BCUT2D eigenvalue weighted by atomic mass is 10.1. The molecule has 0 bridgehead atoms. The third-order valence-electron chi connectivity index (χ3n) is 1.94. The van der Waals surface area contributed by atoms with Gasteiger partial charge in [0.05, 0.1) is 6.61 Å². The van der Waals surface area contributed by atoms with Gasteiger partial charge in [-0.15, -0.1) is 0 Å². The molecule has 4 nitrogen and oxygen atoms in total. The van der Waals surface area contributed by atoms with E-state index in [0.717, 1.165) is 12.0 Å². The Morgan fingerprint density at radius 2 is 2.58 bits per heavy atom. The number of carbonyl (C=O) groups excluding carboxylic acids is 1. The fraction of sp³-hybridized carbons (Fsp3) is 0.625. The lowest BCUT2D eigenvalue weighted by molar-refractivity contribution is -0.116. The van der Waals surface area contributed by atoms with E-state index < -0.39 is 0 Å². The highest BCUT2D eigenvalue weighted by Gasteiger charge is 2.16. The Bertz CT molecular complexity index is 197. The minimum Gasteiger partial charge on any atom is -0.394 e. The molecule has 3 N–H and O–H groups in total. The van der Waals surface area contributed by atoms with Gasteiger partial charge in [0.25, 0.3) is 0 Å². The number of likely N-dealkylation sites (N-methyl/N-ethyl adjacent to an activating group) is 1. The molecule has 68 valence electrons. The van der Waals surface area contributed by atoms with Crippen LogP contribution in [0.5, 0.6) is 0 Å². The molecule has 0 radical (unpaired) electrons. The van der Waals surface area contributed by atoms with E-state index in [0.29, 0.717) is 6.54 Å². The van der Waals surface area contributed by atoms with Crippen LogP contribution in [0.25, 0.3) is 0 Å². The zero-order chi connectivity index (χ0) is 8.97. The predicted molar refractivity (Wildman–Crippen MR) is 45.6 cm³/mol. The summed E-state index contributed by atoms with van der Waals surface area (Å²) in [6, 6.07) is -0.108. The van der Waals surface area contributed by atoms with Gasteiger partial charge in [-0.25, -0.2) is 0 Å². The second-order valence-electron chi connectivity index (χ2n) is 2.78. The Kier molecular flexibility index (Phi) is 3.25. The first kappa shape index (κ1) is 9.22. The standard InChI is InChI=1S/C8H14N2O2/c1-9-7(5-11)4-6-2-3-10-8(6)12/h4,7,9,11H,2-3,5H2,1H3,(H,10,12)/b6-4+/t7-/m0/s1. The van der Waals surface area contributed by atoms with Crippen molar-refractivity contribution < 1.29 is 9.90 Å². The van der Waals surface area contributed by atoms with Crippen LogP contribution in [-0.2, 0) is 4.79 Å². The van der Waals surface area contributed by atoms with Crippen LogP contribution in [0, 0.1) is 0 Å². The molecular formula is C8H14N2O2. The maximum absolute atomic E-state index is 11.1. The quantitative estimate of drug-likeness (QED) is 0.477. The van der Waals surface area contributed by atoms with Crippen molar-refractivity contribution in [3.05, 3.63) is 11.6 Å². The third-order valence-corrected chi connectivity index (χ3v) is 1.94. The number of carbonyl (C=O) groups is 1. The average molecular weight is 170 g/mol. The molecule has 1 saturated heterocycles. The van der Waals surface area contributed by atoms with Crippen molar-refractivity contribution in [2.75, 3.05) is 20.2 Å². The SMILES string of the molecule is CN[C@@H](/C=C1\CCNC1=O)CO. The second-order valence-corrected chi connectivity index (χ2v) is 2.78. The Balaban J connectivity index is 2.59. The number of aliphatic hydroxyl groups is 1. The van der Waals surface area contributed by atoms with E-state index in [1.165, 1.54) is 0 Å².